The molecule has 168 valence electrons. The van der Waals surface area contributed by atoms with Gasteiger partial charge in [-0.1, -0.05) is 13.8 Å². The van der Waals surface area contributed by atoms with Gasteiger partial charge in [0.1, 0.15) is 5.82 Å². The van der Waals surface area contributed by atoms with Gasteiger partial charge in [0.15, 0.2) is 0 Å². The van der Waals surface area contributed by atoms with E-state index in [0.717, 1.165) is 48.9 Å². The number of halogens is 4. The topological polar surface area (TPSA) is 66.5 Å². The smallest absolute Gasteiger partial charge is 0.322 e. The van der Waals surface area contributed by atoms with Gasteiger partial charge in [-0.25, -0.2) is 12.8 Å². The molecule has 1 fully saturated rings. The lowest BCUT2D eigenvalue weighted by Gasteiger charge is -2.34. The minimum absolute atomic E-state index is 0.0179. The van der Waals surface area contributed by atoms with E-state index in [2.05, 4.69) is 5.32 Å². The Morgan fingerprint density at radius 3 is 2.16 bits per heavy atom. The van der Waals surface area contributed by atoms with E-state index in [4.69, 9.17) is 0 Å². The fourth-order valence-electron chi connectivity index (χ4n) is 3.73. The van der Waals surface area contributed by atoms with Gasteiger partial charge in [-0.3, -0.25) is 4.79 Å². The molecule has 10 heteroatoms. The Hall–Kier alpha value is -2.46. The molecule has 1 aliphatic rings. The summed E-state index contributed by atoms with van der Waals surface area (Å²) in [4.78, 5) is 12.3. The van der Waals surface area contributed by atoms with Crippen molar-refractivity contribution in [3.63, 3.8) is 0 Å². The van der Waals surface area contributed by atoms with Crippen LogP contribution in [-0.2, 0) is 16.2 Å². The van der Waals surface area contributed by atoms with Crippen LogP contribution in [0.4, 0.5) is 23.2 Å². The van der Waals surface area contributed by atoms with Gasteiger partial charge in [0, 0.05) is 18.8 Å². The van der Waals surface area contributed by atoms with E-state index in [1.807, 2.05) is 13.8 Å². The molecule has 2 aromatic rings. The zero-order valence-electron chi connectivity index (χ0n) is 16.9. The third-order valence-electron chi connectivity index (χ3n) is 5.13. The first-order valence-electron chi connectivity index (χ1n) is 9.66. The van der Waals surface area contributed by atoms with Crippen LogP contribution in [0.15, 0.2) is 47.4 Å². The lowest BCUT2D eigenvalue weighted by atomic mass is 9.94. The molecule has 0 radical (unpaired) electrons. The molecule has 1 amide bonds. The van der Waals surface area contributed by atoms with Crippen LogP contribution < -0.4 is 5.32 Å². The van der Waals surface area contributed by atoms with E-state index < -0.39 is 39.1 Å². The first-order valence-corrected chi connectivity index (χ1v) is 11.1. The van der Waals surface area contributed by atoms with E-state index in [-0.39, 0.29) is 22.4 Å². The number of piperidine rings is 1. The summed E-state index contributed by atoms with van der Waals surface area (Å²) >= 11 is 0. The molecule has 1 aliphatic heterocycles. The maximum absolute atomic E-state index is 14.3. The van der Waals surface area contributed by atoms with Gasteiger partial charge in [-0.05, 0) is 60.7 Å². The first kappa shape index (κ1) is 23.2. The van der Waals surface area contributed by atoms with Crippen molar-refractivity contribution in [2.24, 2.45) is 11.8 Å². The highest BCUT2D eigenvalue weighted by Gasteiger charge is 2.33. The number of hydrogen-bond donors (Lipinski definition) is 1. The Morgan fingerprint density at radius 2 is 1.61 bits per heavy atom. The van der Waals surface area contributed by atoms with E-state index in [0.29, 0.717) is 13.1 Å². The second kappa shape index (κ2) is 8.58. The van der Waals surface area contributed by atoms with Crippen molar-refractivity contribution in [3.8, 4) is 0 Å². The van der Waals surface area contributed by atoms with Gasteiger partial charge in [-0.2, -0.15) is 17.5 Å². The number of alkyl halides is 3. The van der Waals surface area contributed by atoms with E-state index in [1.165, 1.54) is 4.31 Å². The van der Waals surface area contributed by atoms with Crippen molar-refractivity contribution >= 4 is 21.6 Å². The van der Waals surface area contributed by atoms with Gasteiger partial charge in [0.2, 0.25) is 10.0 Å². The number of benzene rings is 2. The zero-order valence-corrected chi connectivity index (χ0v) is 17.7. The summed E-state index contributed by atoms with van der Waals surface area (Å²) in [6.45, 7) is 4.56. The molecule has 0 aromatic heterocycles. The van der Waals surface area contributed by atoms with E-state index >= 15 is 0 Å². The molecule has 1 heterocycles. The number of nitrogens with zero attached hydrogens (tertiary/aromatic N) is 1. The summed E-state index contributed by atoms with van der Waals surface area (Å²) in [7, 11) is -3.93. The maximum atomic E-state index is 14.3. The fraction of sp³-hybridized carbons (Fsp3) is 0.381. The summed E-state index contributed by atoms with van der Waals surface area (Å²) < 4.78 is 79.6. The molecule has 1 N–H and O–H groups in total. The summed E-state index contributed by atoms with van der Waals surface area (Å²) in [6.07, 6.45) is -3.63. The Bertz CT molecular complexity index is 1060. The van der Waals surface area contributed by atoms with Gasteiger partial charge in [0.25, 0.3) is 5.91 Å². The number of nitrogens with one attached hydrogen (secondary N) is 1. The highest BCUT2D eigenvalue weighted by atomic mass is 32.2. The van der Waals surface area contributed by atoms with Crippen LogP contribution in [0.1, 0.15) is 36.2 Å². The minimum atomic E-state index is -4.53. The molecule has 2 atom stereocenters. The van der Waals surface area contributed by atoms with Crippen LogP contribution in [0.25, 0.3) is 0 Å². The lowest BCUT2D eigenvalue weighted by Crippen LogP contribution is -2.42. The molecule has 5 nitrogen and oxygen atoms in total. The van der Waals surface area contributed by atoms with Crippen LogP contribution in [0, 0.1) is 17.7 Å². The van der Waals surface area contributed by atoms with Gasteiger partial charge >= 0.3 is 6.18 Å². The van der Waals surface area contributed by atoms with Crippen LogP contribution in [-0.4, -0.2) is 31.7 Å². The first-order chi connectivity index (χ1) is 14.4. The van der Waals surface area contributed by atoms with Gasteiger partial charge < -0.3 is 5.32 Å². The number of hydrogen-bond acceptors (Lipinski definition) is 3. The number of carbonyl (C=O) groups excluding carboxylic acids is 1. The summed E-state index contributed by atoms with van der Waals surface area (Å²) in [5.74, 6) is -1.57. The van der Waals surface area contributed by atoms with Gasteiger partial charge in [0.05, 0.1) is 16.0 Å². The molecule has 3 rings (SSSR count). The van der Waals surface area contributed by atoms with Crippen LogP contribution in [0.3, 0.4) is 0 Å². The van der Waals surface area contributed by atoms with Crippen LogP contribution in [0.2, 0.25) is 0 Å². The Kier molecular flexibility index (Phi) is 6.43. The monoisotopic (exact) mass is 458 g/mol. The van der Waals surface area contributed by atoms with Crippen molar-refractivity contribution in [2.75, 3.05) is 18.4 Å². The molecule has 0 spiro atoms. The van der Waals surface area contributed by atoms with Crippen molar-refractivity contribution < 1.29 is 30.8 Å². The van der Waals surface area contributed by atoms with Crippen LogP contribution >= 0.6 is 0 Å². The lowest BCUT2D eigenvalue weighted by molar-refractivity contribution is -0.137. The third-order valence-corrected chi connectivity index (χ3v) is 6.95. The molecular formula is C21H22F4N2O3S. The number of amides is 1. The molecule has 31 heavy (non-hydrogen) atoms. The SMILES string of the molecule is C[C@H]1C[C@H](C)CN(S(=O)(=O)c2ccc(F)c(C(=O)Nc3ccc(C(F)(F)F)cc3)c2)C1. The molecule has 2 aromatic carbocycles. The van der Waals surface area contributed by atoms with Crippen molar-refractivity contribution in [3.05, 3.63) is 59.4 Å². The van der Waals surface area contributed by atoms with Crippen LogP contribution in [0.5, 0.6) is 0 Å². The maximum Gasteiger partial charge on any atom is 0.416 e. The molecule has 0 bridgehead atoms. The molecular weight excluding hydrogens is 436 g/mol. The normalized spacial score (nSPS) is 20.5. The van der Waals surface area contributed by atoms with Crippen molar-refractivity contribution in [1.82, 2.24) is 4.31 Å². The van der Waals surface area contributed by atoms with E-state index in [1.54, 1.807) is 0 Å². The molecule has 1 saturated heterocycles. The second-order valence-corrected chi connectivity index (χ2v) is 9.88. The van der Waals surface area contributed by atoms with Gasteiger partial charge in [-0.15, -0.1) is 0 Å². The standard InChI is InChI=1S/C21H22F4N2O3S/c1-13-9-14(2)12-27(11-13)31(29,30)17-7-8-19(22)18(10-17)20(28)26-16-5-3-15(4-6-16)21(23,24)25/h3-8,10,13-14H,9,11-12H2,1-2H3,(H,26,28)/t13-,14-/m0/s1. The quantitative estimate of drug-likeness (QED) is 0.672. The predicted molar refractivity (Wildman–Crippen MR) is 108 cm³/mol. The zero-order chi connectivity index (χ0) is 23.0. The Morgan fingerprint density at radius 1 is 1.03 bits per heavy atom. The molecule has 0 unspecified atom stereocenters. The minimum Gasteiger partial charge on any atom is -0.322 e. The number of anilines is 1. The summed E-state index contributed by atoms with van der Waals surface area (Å²) in [5, 5.41) is 2.30. The molecule has 0 aliphatic carbocycles. The summed E-state index contributed by atoms with van der Waals surface area (Å²) in [6, 6.07) is 6.59. The van der Waals surface area contributed by atoms with Crippen molar-refractivity contribution in [1.29, 1.82) is 0 Å². The van der Waals surface area contributed by atoms with E-state index in [9.17, 15) is 30.8 Å². The Labute approximate surface area is 178 Å². The highest BCUT2D eigenvalue weighted by molar-refractivity contribution is 7.89. The number of sulfonamides is 1. The Balaban J connectivity index is 1.84. The predicted octanol–water partition coefficient (Wildman–Crippen LogP) is 4.76. The fourth-order valence-corrected chi connectivity index (χ4v) is 5.44. The average molecular weight is 458 g/mol. The number of rotatable bonds is 4. The summed E-state index contributed by atoms with van der Waals surface area (Å²) in [5.41, 5.74) is -1.39. The second-order valence-electron chi connectivity index (χ2n) is 7.94. The average Bonchev–Trinajstić information content (AvgIpc) is 2.67. The third kappa shape index (κ3) is 5.24. The molecule has 0 saturated carbocycles. The number of carbonyl (C=O) groups is 1. The highest BCUT2D eigenvalue weighted by Crippen LogP contribution is 2.30. The van der Waals surface area contributed by atoms with Crippen molar-refractivity contribution in [2.45, 2.75) is 31.3 Å². The largest absolute Gasteiger partial charge is 0.416 e.